The maximum Gasteiger partial charge on any atom is 0.265 e. The maximum atomic E-state index is 11.9. The number of amides is 1. The summed E-state index contributed by atoms with van der Waals surface area (Å²) in [6.07, 6.45) is 1.62. The number of benzene rings is 1. The number of carbonyl (C=O) groups is 1. The lowest BCUT2D eigenvalue weighted by Crippen LogP contribution is -2.24. The highest BCUT2D eigenvalue weighted by molar-refractivity contribution is 8.13. The molecule has 0 fully saturated rings. The van der Waals surface area contributed by atoms with Crippen molar-refractivity contribution in [2.45, 2.75) is 44.6 Å². The fraction of sp³-hybridized carbons (Fsp3) is 0.500. The molecular formula is C14H20ClNO4S. The molecular weight excluding hydrogens is 314 g/mol. The molecule has 0 aliphatic heterocycles. The van der Waals surface area contributed by atoms with Gasteiger partial charge in [-0.05, 0) is 38.5 Å². The number of hydrogen-bond acceptors (Lipinski definition) is 4. The Morgan fingerprint density at radius 2 is 2.05 bits per heavy atom. The summed E-state index contributed by atoms with van der Waals surface area (Å²) in [5, 5.41) is 2.72. The quantitative estimate of drug-likeness (QED) is 0.615. The van der Waals surface area contributed by atoms with Gasteiger partial charge in [0, 0.05) is 22.8 Å². The van der Waals surface area contributed by atoms with Crippen LogP contribution in [0.25, 0.3) is 0 Å². The number of unbranched alkanes of at least 4 members (excludes halogenated alkanes) is 1. The van der Waals surface area contributed by atoms with E-state index in [9.17, 15) is 13.2 Å². The van der Waals surface area contributed by atoms with Crippen molar-refractivity contribution in [3.63, 3.8) is 0 Å². The van der Waals surface area contributed by atoms with Crippen molar-refractivity contribution in [3.05, 3.63) is 23.8 Å². The molecule has 118 valence electrons. The van der Waals surface area contributed by atoms with Gasteiger partial charge in [0.15, 0.2) is 0 Å². The van der Waals surface area contributed by atoms with Gasteiger partial charge in [0.25, 0.3) is 15.0 Å². The fourth-order valence-corrected chi connectivity index (χ4v) is 2.66. The molecule has 0 bridgehead atoms. The zero-order valence-corrected chi connectivity index (χ0v) is 13.9. The highest BCUT2D eigenvalue weighted by atomic mass is 35.7. The second kappa shape index (κ2) is 7.66. The first kappa shape index (κ1) is 17.8. The second-order valence-electron chi connectivity index (χ2n) is 4.88. The van der Waals surface area contributed by atoms with E-state index in [0.29, 0.717) is 6.54 Å². The Bertz CT molecular complexity index is 599. The van der Waals surface area contributed by atoms with Crippen molar-refractivity contribution in [2.24, 2.45) is 0 Å². The van der Waals surface area contributed by atoms with Crippen molar-refractivity contribution in [3.8, 4) is 5.75 Å². The molecule has 0 aliphatic rings. The first-order chi connectivity index (χ1) is 9.75. The van der Waals surface area contributed by atoms with Gasteiger partial charge in [0.05, 0.1) is 6.10 Å². The number of nitrogens with one attached hydrogen (secondary N) is 1. The van der Waals surface area contributed by atoms with E-state index in [1.54, 1.807) is 13.8 Å². The molecule has 1 amide bonds. The van der Waals surface area contributed by atoms with Crippen molar-refractivity contribution < 1.29 is 17.9 Å². The molecule has 0 saturated heterocycles. The summed E-state index contributed by atoms with van der Waals surface area (Å²) in [6, 6.07) is 4.20. The van der Waals surface area contributed by atoms with Gasteiger partial charge in [0.2, 0.25) is 0 Å². The van der Waals surface area contributed by atoms with Gasteiger partial charge >= 0.3 is 0 Å². The molecule has 0 atom stereocenters. The zero-order valence-electron chi connectivity index (χ0n) is 12.3. The number of ether oxygens (including phenoxy) is 1. The molecule has 1 rings (SSSR count). The third kappa shape index (κ3) is 5.55. The summed E-state index contributed by atoms with van der Waals surface area (Å²) in [6.45, 7) is 6.11. The normalized spacial score (nSPS) is 11.5. The van der Waals surface area contributed by atoms with Crippen LogP contribution in [0.5, 0.6) is 5.75 Å². The lowest BCUT2D eigenvalue weighted by Gasteiger charge is -2.13. The Kier molecular flexibility index (Phi) is 6.48. The van der Waals surface area contributed by atoms with E-state index in [2.05, 4.69) is 5.32 Å². The van der Waals surface area contributed by atoms with E-state index in [1.165, 1.54) is 18.2 Å². The van der Waals surface area contributed by atoms with Gasteiger partial charge in [-0.25, -0.2) is 8.42 Å². The number of carbonyl (C=O) groups excluding carboxylic acids is 1. The van der Waals surface area contributed by atoms with Gasteiger partial charge in [-0.3, -0.25) is 4.79 Å². The Morgan fingerprint density at radius 1 is 1.38 bits per heavy atom. The van der Waals surface area contributed by atoms with E-state index in [1.807, 2.05) is 6.92 Å². The molecule has 0 saturated carbocycles. The number of hydrogen-bond donors (Lipinski definition) is 1. The van der Waals surface area contributed by atoms with Gasteiger partial charge < -0.3 is 10.1 Å². The van der Waals surface area contributed by atoms with Crippen LogP contribution in [-0.4, -0.2) is 27.0 Å². The van der Waals surface area contributed by atoms with E-state index >= 15 is 0 Å². The molecule has 1 N–H and O–H groups in total. The second-order valence-corrected chi connectivity index (χ2v) is 7.41. The lowest BCUT2D eigenvalue weighted by atomic mass is 10.2. The van der Waals surface area contributed by atoms with Gasteiger partial charge in [-0.1, -0.05) is 13.3 Å². The van der Waals surface area contributed by atoms with Crippen LogP contribution < -0.4 is 10.1 Å². The van der Waals surface area contributed by atoms with Gasteiger partial charge in [-0.2, -0.15) is 0 Å². The summed E-state index contributed by atoms with van der Waals surface area (Å²) < 4.78 is 28.7. The van der Waals surface area contributed by atoms with Crippen LogP contribution in [-0.2, 0) is 9.05 Å². The molecule has 5 nitrogen and oxygen atoms in total. The minimum absolute atomic E-state index is 0.144. The van der Waals surface area contributed by atoms with Gasteiger partial charge in [0.1, 0.15) is 10.6 Å². The third-order valence-corrected chi connectivity index (χ3v) is 3.99. The summed E-state index contributed by atoms with van der Waals surface area (Å²) in [4.78, 5) is 11.7. The molecule has 0 aliphatic carbocycles. The fourth-order valence-electron chi connectivity index (χ4n) is 1.67. The van der Waals surface area contributed by atoms with Crippen LogP contribution in [0, 0.1) is 0 Å². The molecule has 0 heterocycles. The standard InChI is InChI=1S/C14H20ClNO4S/c1-4-5-8-16-14(17)11-6-7-12(20-10(2)3)13(9-11)21(15,18)19/h6-7,9-10H,4-5,8H2,1-3H3,(H,16,17). The van der Waals surface area contributed by atoms with E-state index in [0.717, 1.165) is 12.8 Å². The molecule has 0 spiro atoms. The number of halogens is 1. The predicted molar refractivity (Wildman–Crippen MR) is 82.5 cm³/mol. The Hall–Kier alpha value is -1.27. The highest BCUT2D eigenvalue weighted by Crippen LogP contribution is 2.29. The van der Waals surface area contributed by atoms with Crippen molar-refractivity contribution in [2.75, 3.05) is 6.54 Å². The Labute approximate surface area is 130 Å². The average molecular weight is 334 g/mol. The monoisotopic (exact) mass is 333 g/mol. The minimum Gasteiger partial charge on any atom is -0.490 e. The molecule has 0 unspecified atom stereocenters. The average Bonchev–Trinajstić information content (AvgIpc) is 2.37. The van der Waals surface area contributed by atoms with Gasteiger partial charge in [-0.15, -0.1) is 0 Å². The Morgan fingerprint density at radius 3 is 2.57 bits per heavy atom. The molecule has 0 radical (unpaired) electrons. The van der Waals surface area contributed by atoms with E-state index in [4.69, 9.17) is 15.4 Å². The smallest absolute Gasteiger partial charge is 0.265 e. The first-order valence-electron chi connectivity index (χ1n) is 6.79. The minimum atomic E-state index is -3.99. The lowest BCUT2D eigenvalue weighted by molar-refractivity contribution is 0.0953. The third-order valence-electron chi connectivity index (χ3n) is 2.65. The number of rotatable bonds is 7. The summed E-state index contributed by atoms with van der Waals surface area (Å²) in [5.41, 5.74) is 0.237. The van der Waals surface area contributed by atoms with Crippen LogP contribution in [0.4, 0.5) is 0 Å². The zero-order chi connectivity index (χ0) is 16.0. The molecule has 1 aromatic rings. The maximum absolute atomic E-state index is 11.9. The van der Waals surface area contributed by atoms with Crippen molar-refractivity contribution >= 4 is 25.6 Å². The van der Waals surface area contributed by atoms with Crippen molar-refractivity contribution in [1.29, 1.82) is 0 Å². The van der Waals surface area contributed by atoms with Crippen LogP contribution in [0.3, 0.4) is 0 Å². The largest absolute Gasteiger partial charge is 0.490 e. The summed E-state index contributed by atoms with van der Waals surface area (Å²) in [7, 11) is 1.42. The van der Waals surface area contributed by atoms with Crippen molar-refractivity contribution in [1.82, 2.24) is 5.32 Å². The van der Waals surface area contributed by atoms with Crippen LogP contribution in [0.15, 0.2) is 23.1 Å². The van der Waals surface area contributed by atoms with E-state index in [-0.39, 0.29) is 28.2 Å². The Balaban J connectivity index is 3.07. The SMILES string of the molecule is CCCCNC(=O)c1ccc(OC(C)C)c(S(=O)(=O)Cl)c1. The first-order valence-corrected chi connectivity index (χ1v) is 9.10. The summed E-state index contributed by atoms with van der Waals surface area (Å²) in [5.74, 6) is -0.189. The summed E-state index contributed by atoms with van der Waals surface area (Å²) >= 11 is 0. The predicted octanol–water partition coefficient (Wildman–Crippen LogP) is 2.93. The molecule has 21 heavy (non-hydrogen) atoms. The molecule has 1 aromatic carbocycles. The van der Waals surface area contributed by atoms with Crippen LogP contribution in [0.2, 0.25) is 0 Å². The highest BCUT2D eigenvalue weighted by Gasteiger charge is 2.20. The molecule has 0 aromatic heterocycles. The van der Waals surface area contributed by atoms with Crippen LogP contribution >= 0.6 is 10.7 Å². The molecule has 7 heteroatoms. The van der Waals surface area contributed by atoms with Crippen LogP contribution in [0.1, 0.15) is 44.0 Å². The van der Waals surface area contributed by atoms with E-state index < -0.39 is 9.05 Å². The topological polar surface area (TPSA) is 72.5 Å².